The third kappa shape index (κ3) is 2.15. The molecule has 0 radical (unpaired) electrons. The van der Waals surface area contributed by atoms with Gasteiger partial charge in [0.15, 0.2) is 5.05 Å². The Morgan fingerprint density at radius 2 is 2.36 bits per heavy atom. The molecule has 0 aromatic carbocycles. The molecule has 3 nitrogen and oxygen atoms in total. The lowest BCUT2D eigenvalue weighted by Gasteiger charge is -2.07. The Kier molecular flexibility index (Phi) is 2.82. The van der Waals surface area contributed by atoms with Gasteiger partial charge in [0.25, 0.3) is 0 Å². The van der Waals surface area contributed by atoms with E-state index in [-0.39, 0.29) is 11.0 Å². The lowest BCUT2D eigenvalue weighted by molar-refractivity contribution is -0.145. The monoisotopic (exact) mass is 174 g/mol. The zero-order valence-electron chi connectivity index (χ0n) is 6.08. The second-order valence-electron chi connectivity index (χ2n) is 2.55. The predicted molar refractivity (Wildman–Crippen MR) is 43.5 cm³/mol. The van der Waals surface area contributed by atoms with E-state index >= 15 is 0 Å². The van der Waals surface area contributed by atoms with Gasteiger partial charge in [-0.25, -0.2) is 0 Å². The van der Waals surface area contributed by atoms with E-state index in [0.29, 0.717) is 13.0 Å². The minimum absolute atomic E-state index is 0.239. The van der Waals surface area contributed by atoms with Gasteiger partial charge < -0.3 is 9.84 Å². The number of carbonyl (C=O) groups excluding carboxylic acids is 1. The summed E-state index contributed by atoms with van der Waals surface area (Å²) >= 11 is 4.51. The molecule has 1 aliphatic rings. The molecule has 62 valence electrons. The summed E-state index contributed by atoms with van der Waals surface area (Å²) in [4.78, 5) is 11.0. The maximum Gasteiger partial charge on any atom is 0.317 e. The molecule has 0 bridgehead atoms. The van der Waals surface area contributed by atoms with Crippen LogP contribution in [-0.4, -0.2) is 22.7 Å². The fourth-order valence-electron chi connectivity index (χ4n) is 1.07. The average molecular weight is 174 g/mol. The first-order chi connectivity index (χ1) is 5.22. The molecule has 1 unspecified atom stereocenters. The first-order valence-corrected chi connectivity index (χ1v) is 4.02. The summed E-state index contributed by atoms with van der Waals surface area (Å²) in [6, 6.07) is 0. The molecule has 1 heterocycles. The van der Waals surface area contributed by atoms with E-state index in [4.69, 9.17) is 9.84 Å². The smallest absolute Gasteiger partial charge is 0.317 e. The van der Waals surface area contributed by atoms with E-state index in [1.165, 1.54) is 0 Å². The van der Waals surface area contributed by atoms with Crippen LogP contribution in [-0.2, 0) is 9.53 Å². The van der Waals surface area contributed by atoms with Crippen molar-refractivity contribution in [3.63, 3.8) is 0 Å². The van der Waals surface area contributed by atoms with Gasteiger partial charge in [0.05, 0.1) is 6.61 Å². The number of thiocarbonyl (C=S) groups is 1. The lowest BCUT2D eigenvalue weighted by atomic mass is 10.0. The van der Waals surface area contributed by atoms with Crippen LogP contribution in [0, 0.1) is 5.92 Å². The molecule has 0 aliphatic carbocycles. The standard InChI is InChI=1S/C7H10O3S/c8-6-5(7(9)11)3-1-2-4-10-6/h5H,1-4H2,(H,9,11). The molecule has 11 heavy (non-hydrogen) atoms. The number of esters is 1. The Morgan fingerprint density at radius 1 is 1.64 bits per heavy atom. The van der Waals surface area contributed by atoms with Crippen LogP contribution in [0.5, 0.6) is 0 Å². The van der Waals surface area contributed by atoms with Crippen molar-refractivity contribution >= 4 is 23.2 Å². The van der Waals surface area contributed by atoms with E-state index in [2.05, 4.69) is 12.2 Å². The number of aliphatic hydroxyl groups is 1. The second-order valence-corrected chi connectivity index (χ2v) is 2.97. The van der Waals surface area contributed by atoms with Gasteiger partial charge in [0.2, 0.25) is 0 Å². The van der Waals surface area contributed by atoms with Crippen molar-refractivity contribution in [2.45, 2.75) is 19.3 Å². The zero-order chi connectivity index (χ0) is 8.27. The first kappa shape index (κ1) is 8.46. The summed E-state index contributed by atoms with van der Waals surface area (Å²) in [7, 11) is 0. The molecule has 1 rings (SSSR count). The molecule has 0 spiro atoms. The van der Waals surface area contributed by atoms with Crippen LogP contribution >= 0.6 is 12.2 Å². The highest BCUT2D eigenvalue weighted by molar-refractivity contribution is 7.80. The molecule has 0 aromatic heterocycles. The Hall–Kier alpha value is -0.640. The number of cyclic esters (lactones) is 1. The maximum absolute atomic E-state index is 11.0. The summed E-state index contributed by atoms with van der Waals surface area (Å²) in [5.74, 6) is -0.942. The number of rotatable bonds is 1. The molecule has 1 aliphatic heterocycles. The van der Waals surface area contributed by atoms with Gasteiger partial charge in [-0.15, -0.1) is 0 Å². The topological polar surface area (TPSA) is 46.5 Å². The lowest BCUT2D eigenvalue weighted by Crippen LogP contribution is -2.22. The molecule has 0 saturated carbocycles. The van der Waals surface area contributed by atoms with Crippen LogP contribution in [0.25, 0.3) is 0 Å². The molecule has 1 saturated heterocycles. The quantitative estimate of drug-likeness (QED) is 0.479. The minimum Gasteiger partial charge on any atom is -0.501 e. The Balaban J connectivity index is 2.59. The number of aliphatic hydroxyl groups excluding tert-OH is 1. The van der Waals surface area contributed by atoms with E-state index < -0.39 is 5.92 Å². The molecule has 1 N–H and O–H groups in total. The number of hydrogen-bond acceptors (Lipinski definition) is 3. The fraction of sp³-hybridized carbons (Fsp3) is 0.714. The largest absolute Gasteiger partial charge is 0.501 e. The van der Waals surface area contributed by atoms with Crippen LogP contribution in [0.3, 0.4) is 0 Å². The Morgan fingerprint density at radius 3 is 3.00 bits per heavy atom. The third-order valence-electron chi connectivity index (χ3n) is 1.71. The summed E-state index contributed by atoms with van der Waals surface area (Å²) < 4.78 is 4.79. The van der Waals surface area contributed by atoms with Crippen molar-refractivity contribution in [1.82, 2.24) is 0 Å². The molecule has 4 heteroatoms. The molecular weight excluding hydrogens is 164 g/mol. The summed E-state index contributed by atoms with van der Waals surface area (Å²) in [5.41, 5.74) is 0. The molecule has 0 aromatic rings. The summed E-state index contributed by atoms with van der Waals surface area (Å²) in [5, 5.41) is 8.66. The summed E-state index contributed by atoms with van der Waals surface area (Å²) in [6.07, 6.45) is 2.37. The third-order valence-corrected chi connectivity index (χ3v) is 2.00. The van der Waals surface area contributed by atoms with Crippen LogP contribution < -0.4 is 0 Å². The van der Waals surface area contributed by atoms with Crippen LogP contribution in [0.1, 0.15) is 19.3 Å². The number of carbonyl (C=O) groups is 1. The highest BCUT2D eigenvalue weighted by atomic mass is 32.1. The van der Waals surface area contributed by atoms with Gasteiger partial charge in [-0.3, -0.25) is 4.79 Å². The van der Waals surface area contributed by atoms with Crippen molar-refractivity contribution in [1.29, 1.82) is 0 Å². The van der Waals surface area contributed by atoms with E-state index in [9.17, 15) is 4.79 Å². The molecule has 1 fully saturated rings. The van der Waals surface area contributed by atoms with E-state index in [1.807, 2.05) is 0 Å². The number of ether oxygens (including phenoxy) is 1. The molecular formula is C7H10O3S. The molecule has 1 atom stereocenters. The van der Waals surface area contributed by atoms with Crippen LogP contribution in [0.4, 0.5) is 0 Å². The highest BCUT2D eigenvalue weighted by Crippen LogP contribution is 2.16. The minimum atomic E-state index is -0.563. The Labute approximate surface area is 70.4 Å². The first-order valence-electron chi connectivity index (χ1n) is 3.61. The SMILES string of the molecule is O=C1OCCCCC1C(O)=S. The van der Waals surface area contributed by atoms with Gasteiger partial charge >= 0.3 is 5.97 Å². The second kappa shape index (κ2) is 3.67. The average Bonchev–Trinajstić information content (AvgIpc) is 2.13. The highest BCUT2D eigenvalue weighted by Gasteiger charge is 2.25. The van der Waals surface area contributed by atoms with Gasteiger partial charge in [0, 0.05) is 0 Å². The van der Waals surface area contributed by atoms with Gasteiger partial charge in [-0.1, -0.05) is 0 Å². The van der Waals surface area contributed by atoms with Crippen molar-refractivity contribution in [3.05, 3.63) is 0 Å². The maximum atomic E-state index is 11.0. The number of hydrogen-bond donors (Lipinski definition) is 1. The van der Waals surface area contributed by atoms with Crippen LogP contribution in [0.2, 0.25) is 0 Å². The van der Waals surface area contributed by atoms with Crippen molar-refractivity contribution in [2.75, 3.05) is 6.61 Å². The van der Waals surface area contributed by atoms with Crippen LogP contribution in [0.15, 0.2) is 0 Å². The van der Waals surface area contributed by atoms with E-state index in [1.54, 1.807) is 0 Å². The van der Waals surface area contributed by atoms with Gasteiger partial charge in [-0.05, 0) is 31.5 Å². The van der Waals surface area contributed by atoms with Crippen molar-refractivity contribution in [2.24, 2.45) is 5.92 Å². The van der Waals surface area contributed by atoms with Gasteiger partial charge in [0.1, 0.15) is 5.92 Å². The summed E-state index contributed by atoms with van der Waals surface area (Å²) in [6.45, 7) is 0.456. The Bertz CT molecular complexity index is 179. The fourth-order valence-corrected chi connectivity index (χ4v) is 1.28. The van der Waals surface area contributed by atoms with Crippen molar-refractivity contribution in [3.8, 4) is 0 Å². The van der Waals surface area contributed by atoms with Gasteiger partial charge in [-0.2, -0.15) is 0 Å². The van der Waals surface area contributed by atoms with Crippen molar-refractivity contribution < 1.29 is 14.6 Å². The molecule has 0 amide bonds. The van der Waals surface area contributed by atoms with E-state index in [0.717, 1.165) is 12.8 Å². The normalized spacial score (nSPS) is 25.5. The zero-order valence-corrected chi connectivity index (χ0v) is 6.89. The predicted octanol–water partition coefficient (Wildman–Crippen LogP) is 1.22.